The zero-order valence-corrected chi connectivity index (χ0v) is 17.6. The molecular formula is C25H29NO4. The van der Waals surface area contributed by atoms with Gasteiger partial charge in [-0.2, -0.15) is 5.26 Å². The second-order valence-electron chi connectivity index (χ2n) is 7.20. The molecule has 0 aliphatic carbocycles. The van der Waals surface area contributed by atoms with Gasteiger partial charge in [0.25, 0.3) is 0 Å². The Bertz CT molecular complexity index is 900. The number of benzene rings is 1. The fraction of sp³-hybridized carbons (Fsp3) is 0.400. The Morgan fingerprint density at radius 3 is 2.17 bits per heavy atom. The molecule has 2 aromatic rings. The maximum absolute atomic E-state index is 12.2. The van der Waals surface area contributed by atoms with Crippen molar-refractivity contribution in [2.45, 2.75) is 58.3 Å². The summed E-state index contributed by atoms with van der Waals surface area (Å²) in [6, 6.07) is 14.0. The zero-order valence-electron chi connectivity index (χ0n) is 17.6. The molecular weight excluding hydrogens is 378 g/mol. The molecule has 5 nitrogen and oxygen atoms in total. The highest BCUT2D eigenvalue weighted by atomic mass is 16.5. The van der Waals surface area contributed by atoms with Crippen molar-refractivity contribution in [3.63, 3.8) is 0 Å². The van der Waals surface area contributed by atoms with Crippen LogP contribution in [0.1, 0.15) is 74.2 Å². The molecule has 0 atom stereocenters. The van der Waals surface area contributed by atoms with E-state index in [4.69, 9.17) is 14.7 Å². The molecule has 2 rings (SSSR count). The Balaban J connectivity index is 1.81. The van der Waals surface area contributed by atoms with Crippen LogP contribution in [-0.4, -0.2) is 12.6 Å². The van der Waals surface area contributed by atoms with Crippen molar-refractivity contribution in [1.82, 2.24) is 0 Å². The van der Waals surface area contributed by atoms with E-state index < -0.39 is 11.4 Å². The van der Waals surface area contributed by atoms with Crippen LogP contribution in [0.25, 0.3) is 0 Å². The summed E-state index contributed by atoms with van der Waals surface area (Å²) in [5.41, 5.74) is 0.311. The average molecular weight is 408 g/mol. The molecule has 0 aliphatic heterocycles. The average Bonchev–Trinajstić information content (AvgIpc) is 2.94. The third-order valence-corrected chi connectivity index (χ3v) is 4.76. The molecule has 0 aromatic heterocycles. The fourth-order valence-electron chi connectivity index (χ4n) is 2.98. The third-order valence-electron chi connectivity index (χ3n) is 4.76. The van der Waals surface area contributed by atoms with Crippen molar-refractivity contribution in [3.05, 3.63) is 69.9 Å². The summed E-state index contributed by atoms with van der Waals surface area (Å²) in [4.78, 5) is 24.4. The van der Waals surface area contributed by atoms with Gasteiger partial charge < -0.3 is 9.47 Å². The predicted octanol–water partition coefficient (Wildman–Crippen LogP) is 5.66. The maximum atomic E-state index is 12.2. The normalized spacial score (nSPS) is 10.3. The lowest BCUT2D eigenvalue weighted by atomic mass is 10.1. The van der Waals surface area contributed by atoms with Crippen molar-refractivity contribution < 1.29 is 14.3 Å². The van der Waals surface area contributed by atoms with Crippen LogP contribution >= 0.6 is 0 Å². The lowest BCUT2D eigenvalue weighted by Crippen LogP contribution is -2.13. The first-order valence-corrected chi connectivity index (χ1v) is 10.6. The number of unbranched alkanes of at least 4 members (excludes halogenated alkanes) is 7. The molecule has 0 amide bonds. The second kappa shape index (κ2) is 13.2. The molecule has 5 heteroatoms. The molecule has 2 aromatic carbocycles. The Labute approximate surface area is 178 Å². The van der Waals surface area contributed by atoms with Crippen molar-refractivity contribution in [2.24, 2.45) is 0 Å². The third kappa shape index (κ3) is 8.08. The van der Waals surface area contributed by atoms with E-state index in [0.717, 1.165) is 12.8 Å². The van der Waals surface area contributed by atoms with E-state index in [-0.39, 0.29) is 11.3 Å². The van der Waals surface area contributed by atoms with Crippen LogP contribution in [0.5, 0.6) is 11.5 Å². The van der Waals surface area contributed by atoms with Gasteiger partial charge in [0.05, 0.1) is 23.8 Å². The van der Waals surface area contributed by atoms with E-state index in [2.05, 4.69) is 6.92 Å². The molecule has 0 N–H and O–H groups in total. The number of hydrogen-bond acceptors (Lipinski definition) is 5. The van der Waals surface area contributed by atoms with E-state index in [1.165, 1.54) is 74.9 Å². The highest BCUT2D eigenvalue weighted by molar-refractivity contribution is 5.91. The maximum Gasteiger partial charge on any atom is 0.343 e. The van der Waals surface area contributed by atoms with E-state index in [1.807, 2.05) is 6.07 Å². The summed E-state index contributed by atoms with van der Waals surface area (Å²) in [5, 5.41) is 8.82. The molecule has 0 aliphatic rings. The van der Waals surface area contributed by atoms with Crippen molar-refractivity contribution in [1.29, 1.82) is 5.26 Å². The first-order valence-electron chi connectivity index (χ1n) is 10.6. The van der Waals surface area contributed by atoms with E-state index >= 15 is 0 Å². The smallest absolute Gasteiger partial charge is 0.343 e. The van der Waals surface area contributed by atoms with Crippen molar-refractivity contribution in [3.8, 4) is 17.6 Å². The second-order valence-corrected chi connectivity index (χ2v) is 7.20. The standard InChI is InChI=1S/C25H29NO4/c1-2-3-4-5-6-7-8-9-18-29-22-14-16-23(27)24(17-15-22)30-25(28)21-12-10-20(19-26)11-13-21/h10-17H,2-9,18H2,1H3. The first-order chi connectivity index (χ1) is 14.6. The van der Waals surface area contributed by atoms with Gasteiger partial charge in [-0.25, -0.2) is 4.79 Å². The van der Waals surface area contributed by atoms with E-state index in [0.29, 0.717) is 17.9 Å². The highest BCUT2D eigenvalue weighted by Crippen LogP contribution is 2.14. The van der Waals surface area contributed by atoms with Crippen molar-refractivity contribution >= 4 is 5.97 Å². The molecule has 0 saturated heterocycles. The molecule has 0 heterocycles. The highest BCUT2D eigenvalue weighted by Gasteiger charge is 2.10. The minimum Gasteiger partial charge on any atom is -0.494 e. The van der Waals surface area contributed by atoms with Crippen LogP contribution in [0, 0.1) is 11.3 Å². The van der Waals surface area contributed by atoms with Gasteiger partial charge in [-0.1, -0.05) is 51.9 Å². The molecule has 0 spiro atoms. The molecule has 0 unspecified atom stereocenters. The number of rotatable bonds is 12. The Morgan fingerprint density at radius 2 is 1.50 bits per heavy atom. The quantitative estimate of drug-likeness (QED) is 0.335. The van der Waals surface area contributed by atoms with Crippen LogP contribution < -0.4 is 14.9 Å². The molecule has 0 bridgehead atoms. The first kappa shape index (κ1) is 23.2. The summed E-state index contributed by atoms with van der Waals surface area (Å²) in [5.74, 6) is -0.147. The van der Waals surface area contributed by atoms with Gasteiger partial charge in [-0.15, -0.1) is 0 Å². The Kier molecular flexibility index (Phi) is 10.2. The fourth-order valence-corrected chi connectivity index (χ4v) is 2.98. The molecule has 0 radical (unpaired) electrons. The predicted molar refractivity (Wildman–Crippen MR) is 117 cm³/mol. The summed E-state index contributed by atoms with van der Waals surface area (Å²) in [7, 11) is 0. The number of ether oxygens (including phenoxy) is 2. The van der Waals surface area contributed by atoms with Crippen LogP contribution in [-0.2, 0) is 0 Å². The minimum absolute atomic E-state index is 0.0636. The Morgan fingerprint density at radius 1 is 0.867 bits per heavy atom. The monoisotopic (exact) mass is 407 g/mol. The van der Waals surface area contributed by atoms with Gasteiger partial charge in [0.1, 0.15) is 5.75 Å². The van der Waals surface area contributed by atoms with E-state index in [1.54, 1.807) is 12.1 Å². The minimum atomic E-state index is -0.649. The molecule has 158 valence electrons. The van der Waals surface area contributed by atoms with Gasteiger partial charge in [0, 0.05) is 0 Å². The van der Waals surface area contributed by atoms with Crippen LogP contribution in [0.3, 0.4) is 0 Å². The number of esters is 1. The van der Waals surface area contributed by atoms with Gasteiger partial charge in [-0.3, -0.25) is 4.79 Å². The topological polar surface area (TPSA) is 76.4 Å². The van der Waals surface area contributed by atoms with Crippen LogP contribution in [0.4, 0.5) is 0 Å². The van der Waals surface area contributed by atoms with Crippen LogP contribution in [0.2, 0.25) is 0 Å². The number of carbonyl (C=O) groups excluding carboxylic acids is 1. The molecule has 30 heavy (non-hydrogen) atoms. The molecule has 0 saturated carbocycles. The van der Waals surface area contributed by atoms with Gasteiger partial charge in [-0.05, 0) is 55.0 Å². The van der Waals surface area contributed by atoms with E-state index in [9.17, 15) is 9.59 Å². The SMILES string of the molecule is CCCCCCCCCCOc1ccc(OC(=O)c2ccc(C#N)cc2)c(=O)cc1. The summed E-state index contributed by atoms with van der Waals surface area (Å²) < 4.78 is 11.0. The lowest BCUT2D eigenvalue weighted by Gasteiger charge is -2.04. The Hall–Kier alpha value is -3.13. The number of nitriles is 1. The zero-order chi connectivity index (χ0) is 21.6. The summed E-state index contributed by atoms with van der Waals surface area (Å²) >= 11 is 0. The largest absolute Gasteiger partial charge is 0.494 e. The lowest BCUT2D eigenvalue weighted by molar-refractivity contribution is 0.0733. The number of carbonyl (C=O) groups is 1. The number of hydrogen-bond donors (Lipinski definition) is 0. The van der Waals surface area contributed by atoms with Gasteiger partial charge >= 0.3 is 5.97 Å². The molecule has 0 fully saturated rings. The summed E-state index contributed by atoms with van der Waals surface area (Å²) in [6.45, 7) is 2.81. The van der Waals surface area contributed by atoms with Crippen LogP contribution in [0.15, 0.2) is 53.3 Å². The summed E-state index contributed by atoms with van der Waals surface area (Å²) in [6.07, 6.45) is 9.80. The van der Waals surface area contributed by atoms with Gasteiger partial charge in [0.2, 0.25) is 5.43 Å². The van der Waals surface area contributed by atoms with Crippen molar-refractivity contribution in [2.75, 3.05) is 6.61 Å². The number of nitrogens with zero attached hydrogens (tertiary/aromatic N) is 1. The van der Waals surface area contributed by atoms with Gasteiger partial charge in [0.15, 0.2) is 5.75 Å².